The zero-order valence-corrected chi connectivity index (χ0v) is 8.84. The number of halogens is 2. The van der Waals surface area contributed by atoms with Gasteiger partial charge in [-0.3, -0.25) is 9.79 Å². The van der Waals surface area contributed by atoms with E-state index < -0.39 is 4.45 Å². The third-order valence-electron chi connectivity index (χ3n) is 1.89. The average molecular weight is 259 g/mol. The van der Waals surface area contributed by atoms with Crippen molar-refractivity contribution < 1.29 is 4.79 Å². The summed E-state index contributed by atoms with van der Waals surface area (Å²) in [6, 6.07) is 7.38. The Hall–Kier alpha value is -0.670. The first kappa shape index (κ1) is 8.91. The summed E-state index contributed by atoms with van der Waals surface area (Å²) < 4.78 is -1.06. The summed E-state index contributed by atoms with van der Waals surface area (Å²) in [7, 11) is 0. The molecule has 1 aromatic carbocycles. The van der Waals surface area contributed by atoms with E-state index in [4.69, 9.17) is 11.6 Å². The molecule has 13 heavy (non-hydrogen) atoms. The third kappa shape index (κ3) is 1.23. The molecule has 0 spiro atoms. The van der Waals surface area contributed by atoms with E-state index in [9.17, 15) is 4.79 Å². The smallest absolute Gasteiger partial charge is 0.206 e. The van der Waals surface area contributed by atoms with E-state index in [1.165, 1.54) is 0 Å². The molecule has 1 atom stereocenters. The highest BCUT2D eigenvalue weighted by molar-refractivity contribution is 9.10. The summed E-state index contributed by atoms with van der Waals surface area (Å²) in [6.07, 6.45) is 0.690. The first-order valence-electron chi connectivity index (χ1n) is 3.68. The van der Waals surface area contributed by atoms with Crippen LogP contribution in [0.1, 0.15) is 0 Å². The number of alkyl halides is 1. The van der Waals surface area contributed by atoms with Crippen LogP contribution in [-0.2, 0) is 4.79 Å². The molecule has 0 saturated heterocycles. The van der Waals surface area contributed by atoms with Crippen molar-refractivity contribution in [2.24, 2.45) is 4.99 Å². The fourth-order valence-corrected chi connectivity index (χ4v) is 1.90. The van der Waals surface area contributed by atoms with Crippen LogP contribution in [0.3, 0.4) is 0 Å². The maximum Gasteiger partial charge on any atom is 0.206 e. The van der Waals surface area contributed by atoms with Gasteiger partial charge in [-0.05, 0) is 22.0 Å². The lowest BCUT2D eigenvalue weighted by atomic mass is 10.2. The minimum Gasteiger partial charge on any atom is -0.299 e. The van der Waals surface area contributed by atoms with Gasteiger partial charge in [-0.15, -0.1) is 0 Å². The Balaban J connectivity index is 2.86. The Morgan fingerprint density at radius 1 is 1.46 bits per heavy atom. The second-order valence-corrected chi connectivity index (χ2v) is 4.32. The van der Waals surface area contributed by atoms with Crippen LogP contribution in [-0.4, -0.2) is 10.7 Å². The summed E-state index contributed by atoms with van der Waals surface area (Å²) in [5, 5.41) is 1.99. The third-order valence-corrected chi connectivity index (χ3v) is 3.37. The normalized spacial score (nSPS) is 25.2. The van der Waals surface area contributed by atoms with Crippen molar-refractivity contribution in [3.8, 4) is 0 Å². The number of benzene rings is 1. The van der Waals surface area contributed by atoms with Gasteiger partial charge in [-0.1, -0.05) is 29.8 Å². The second kappa shape index (κ2) is 2.93. The van der Waals surface area contributed by atoms with Gasteiger partial charge in [-0.25, -0.2) is 0 Å². The summed E-state index contributed by atoms with van der Waals surface area (Å²) in [6.45, 7) is 0. The van der Waals surface area contributed by atoms with Gasteiger partial charge < -0.3 is 0 Å². The summed E-state index contributed by atoms with van der Waals surface area (Å²) >= 11 is 9.18. The molecule has 1 heterocycles. The molecule has 0 bridgehead atoms. The summed E-state index contributed by atoms with van der Waals surface area (Å²) in [4.78, 5) is 14.9. The predicted molar refractivity (Wildman–Crippen MR) is 54.2 cm³/mol. The molecule has 1 aromatic rings. The highest BCUT2D eigenvalue weighted by Crippen LogP contribution is 2.31. The van der Waals surface area contributed by atoms with E-state index in [0.29, 0.717) is 11.3 Å². The number of carbonyl (C=O) groups is 1. The predicted octanol–water partition coefficient (Wildman–Crippen LogP) is 0.957. The Morgan fingerprint density at radius 2 is 2.15 bits per heavy atom. The number of hydrogen-bond donors (Lipinski definition) is 0. The number of hydrogen-bond acceptors (Lipinski definition) is 2. The van der Waals surface area contributed by atoms with Gasteiger partial charge in [0.25, 0.3) is 0 Å². The van der Waals surface area contributed by atoms with E-state index in [1.807, 2.05) is 24.3 Å². The highest BCUT2D eigenvalue weighted by atomic mass is 79.9. The van der Waals surface area contributed by atoms with Crippen LogP contribution in [0.25, 0.3) is 5.03 Å². The number of para-hydroxylation sites is 1. The summed E-state index contributed by atoms with van der Waals surface area (Å²) in [5.41, 5.74) is 0. The van der Waals surface area contributed by atoms with E-state index in [2.05, 4.69) is 20.9 Å². The molecule has 0 radical (unpaired) electrons. The number of fused-ring (bicyclic) bond motifs is 1. The van der Waals surface area contributed by atoms with E-state index in [1.54, 1.807) is 0 Å². The minimum atomic E-state index is -1.06. The average Bonchev–Trinajstić information content (AvgIpc) is 2.41. The Labute approximate surface area is 88.1 Å². The zero-order valence-electron chi connectivity index (χ0n) is 6.50. The van der Waals surface area contributed by atoms with Crippen molar-refractivity contribution in [3.63, 3.8) is 0 Å². The molecule has 2 nitrogen and oxygen atoms in total. The maximum absolute atomic E-state index is 10.8. The lowest BCUT2D eigenvalue weighted by molar-refractivity contribution is -0.108. The van der Waals surface area contributed by atoms with Gasteiger partial charge in [0.1, 0.15) is 0 Å². The molecule has 1 aliphatic heterocycles. The van der Waals surface area contributed by atoms with Crippen LogP contribution in [0, 0.1) is 0 Å². The monoisotopic (exact) mass is 257 g/mol. The van der Waals surface area contributed by atoms with Gasteiger partial charge in [0, 0.05) is 5.22 Å². The van der Waals surface area contributed by atoms with Crippen molar-refractivity contribution in [2.45, 2.75) is 4.45 Å². The molecule has 0 N–H and O–H groups in total. The summed E-state index contributed by atoms with van der Waals surface area (Å²) in [5.74, 6) is 0. The lowest BCUT2D eigenvalue weighted by Gasteiger charge is -2.08. The Morgan fingerprint density at radius 3 is 2.77 bits per heavy atom. The van der Waals surface area contributed by atoms with Crippen molar-refractivity contribution >= 4 is 38.8 Å². The quantitative estimate of drug-likeness (QED) is 0.419. The standard InChI is InChI=1S/C9H5BrClNO/c10-9(5-13)8(11)6-3-1-2-4-7(6)12-9/h1-5H. The largest absolute Gasteiger partial charge is 0.299 e. The molecule has 0 amide bonds. The number of rotatable bonds is 1. The molecular formula is C9H5BrClNO. The van der Waals surface area contributed by atoms with Gasteiger partial charge in [-0.2, -0.15) is 0 Å². The Kier molecular flexibility index (Phi) is 2.00. The van der Waals surface area contributed by atoms with E-state index >= 15 is 0 Å². The first-order chi connectivity index (χ1) is 6.17. The van der Waals surface area contributed by atoms with Crippen LogP contribution in [0.2, 0.25) is 0 Å². The fourth-order valence-electron chi connectivity index (χ4n) is 1.25. The van der Waals surface area contributed by atoms with Gasteiger partial charge >= 0.3 is 0 Å². The number of aldehydes is 1. The topological polar surface area (TPSA) is 29.4 Å². The molecule has 66 valence electrons. The zero-order chi connectivity index (χ0) is 9.47. The molecular weight excluding hydrogens is 253 g/mol. The van der Waals surface area contributed by atoms with Crippen LogP contribution in [0.4, 0.5) is 0 Å². The van der Waals surface area contributed by atoms with Crippen molar-refractivity contribution in [3.05, 3.63) is 34.8 Å². The van der Waals surface area contributed by atoms with E-state index in [0.717, 1.165) is 10.6 Å². The molecule has 0 aliphatic carbocycles. The Bertz CT molecular complexity index is 485. The van der Waals surface area contributed by atoms with Crippen molar-refractivity contribution in [1.29, 1.82) is 0 Å². The van der Waals surface area contributed by atoms with Crippen molar-refractivity contribution in [2.75, 3.05) is 0 Å². The number of carbonyl (C=O) groups excluding carboxylic acids is 1. The van der Waals surface area contributed by atoms with Gasteiger partial charge in [0.05, 0.1) is 10.4 Å². The van der Waals surface area contributed by atoms with Crippen LogP contribution in [0.5, 0.6) is 0 Å². The molecule has 0 fully saturated rings. The second-order valence-electron chi connectivity index (χ2n) is 2.73. The number of nitrogens with zero attached hydrogens (tertiary/aromatic N) is 1. The van der Waals surface area contributed by atoms with Crippen LogP contribution >= 0.6 is 27.5 Å². The SMILES string of the molecule is O=CC1(Br)N=c2ccccc2=C1Cl. The molecule has 1 unspecified atom stereocenters. The van der Waals surface area contributed by atoms with Crippen LogP contribution < -0.4 is 10.6 Å². The fraction of sp³-hybridized carbons (Fsp3) is 0.111. The van der Waals surface area contributed by atoms with Gasteiger partial charge in [0.2, 0.25) is 4.45 Å². The molecule has 1 aliphatic rings. The molecule has 0 saturated carbocycles. The molecule has 4 heteroatoms. The van der Waals surface area contributed by atoms with Crippen LogP contribution in [0.15, 0.2) is 29.3 Å². The highest BCUT2D eigenvalue weighted by Gasteiger charge is 2.33. The molecule has 2 rings (SSSR count). The minimum absolute atomic E-state index is 0.429. The van der Waals surface area contributed by atoms with E-state index in [-0.39, 0.29) is 0 Å². The van der Waals surface area contributed by atoms with Crippen molar-refractivity contribution in [1.82, 2.24) is 0 Å². The molecule has 0 aromatic heterocycles. The maximum atomic E-state index is 10.8. The first-order valence-corrected chi connectivity index (χ1v) is 4.85. The lowest BCUT2D eigenvalue weighted by Crippen LogP contribution is -2.21. The van der Waals surface area contributed by atoms with Gasteiger partial charge in [0.15, 0.2) is 6.29 Å².